The Balaban J connectivity index is 1.56. The third kappa shape index (κ3) is 4.75. The lowest BCUT2D eigenvalue weighted by atomic mass is 9.96. The molecule has 7 heteroatoms. The molecule has 0 radical (unpaired) electrons. The molecule has 1 heterocycles. The summed E-state index contributed by atoms with van der Waals surface area (Å²) in [6.45, 7) is 3.51. The molecule has 0 aliphatic carbocycles. The third-order valence-electron chi connectivity index (χ3n) is 5.72. The Kier molecular flexibility index (Phi) is 6.57. The Morgan fingerprint density at radius 2 is 1.48 bits per heavy atom. The SMILES string of the molecule is Cc1ccc(S(=O)(=O)N2CCN([C@H](c3ccccc3)c3ccc(Br)cc3)CC2)cc1F. The molecule has 0 aromatic heterocycles. The van der Waals surface area contributed by atoms with Crippen molar-refractivity contribution in [2.75, 3.05) is 26.2 Å². The molecule has 3 aromatic rings. The quantitative estimate of drug-likeness (QED) is 0.493. The lowest BCUT2D eigenvalue weighted by Gasteiger charge is -2.39. The zero-order chi connectivity index (χ0) is 22.0. The minimum Gasteiger partial charge on any atom is -0.290 e. The van der Waals surface area contributed by atoms with Gasteiger partial charge >= 0.3 is 0 Å². The van der Waals surface area contributed by atoms with E-state index >= 15 is 0 Å². The van der Waals surface area contributed by atoms with Crippen molar-refractivity contribution < 1.29 is 12.8 Å². The fraction of sp³-hybridized carbons (Fsp3) is 0.250. The first-order chi connectivity index (χ1) is 14.9. The summed E-state index contributed by atoms with van der Waals surface area (Å²) in [5, 5.41) is 0. The standard InChI is InChI=1S/C24H24BrFN2O2S/c1-18-7-12-22(17-23(18)26)31(29,30)28-15-13-27(14-16-28)24(19-5-3-2-4-6-19)20-8-10-21(25)11-9-20/h2-12,17,24H,13-16H2,1H3/t24-/m1/s1. The van der Waals surface area contributed by atoms with E-state index in [2.05, 4.69) is 45.1 Å². The molecule has 162 valence electrons. The number of hydrogen-bond donors (Lipinski definition) is 0. The number of hydrogen-bond acceptors (Lipinski definition) is 3. The van der Waals surface area contributed by atoms with Crippen LogP contribution in [0.3, 0.4) is 0 Å². The molecule has 1 aliphatic rings. The number of aryl methyl sites for hydroxylation is 1. The average Bonchev–Trinajstić information content (AvgIpc) is 2.78. The molecule has 31 heavy (non-hydrogen) atoms. The molecule has 1 saturated heterocycles. The zero-order valence-corrected chi connectivity index (χ0v) is 19.6. The lowest BCUT2D eigenvalue weighted by Crippen LogP contribution is -2.49. The fourth-order valence-electron chi connectivity index (χ4n) is 3.98. The van der Waals surface area contributed by atoms with E-state index in [1.165, 1.54) is 22.0 Å². The second-order valence-corrected chi connectivity index (χ2v) is 10.6. The first-order valence-corrected chi connectivity index (χ1v) is 12.4. The fourth-order valence-corrected chi connectivity index (χ4v) is 5.68. The Bertz CT molecular complexity index is 1150. The van der Waals surface area contributed by atoms with Gasteiger partial charge in [-0.1, -0.05) is 64.5 Å². The van der Waals surface area contributed by atoms with Crippen molar-refractivity contribution in [1.82, 2.24) is 9.21 Å². The van der Waals surface area contributed by atoms with Crippen molar-refractivity contribution in [2.45, 2.75) is 17.9 Å². The maximum absolute atomic E-state index is 14.0. The van der Waals surface area contributed by atoms with Gasteiger partial charge in [0.2, 0.25) is 10.0 Å². The van der Waals surface area contributed by atoms with Gasteiger partial charge in [0.25, 0.3) is 0 Å². The Morgan fingerprint density at radius 3 is 2.10 bits per heavy atom. The van der Waals surface area contributed by atoms with Crippen molar-refractivity contribution in [1.29, 1.82) is 0 Å². The van der Waals surface area contributed by atoms with Gasteiger partial charge in [0.05, 0.1) is 10.9 Å². The van der Waals surface area contributed by atoms with E-state index in [1.807, 2.05) is 30.3 Å². The van der Waals surface area contributed by atoms with Crippen LogP contribution in [0.2, 0.25) is 0 Å². The van der Waals surface area contributed by atoms with Crippen LogP contribution < -0.4 is 0 Å². The van der Waals surface area contributed by atoms with E-state index < -0.39 is 15.8 Å². The lowest BCUT2D eigenvalue weighted by molar-refractivity contribution is 0.156. The van der Waals surface area contributed by atoms with Crippen LogP contribution in [0.1, 0.15) is 22.7 Å². The van der Waals surface area contributed by atoms with Gasteiger partial charge in [-0.3, -0.25) is 4.90 Å². The highest BCUT2D eigenvalue weighted by Gasteiger charge is 2.32. The molecule has 0 N–H and O–H groups in total. The van der Waals surface area contributed by atoms with Crippen LogP contribution >= 0.6 is 15.9 Å². The van der Waals surface area contributed by atoms with Crippen LogP contribution in [-0.2, 0) is 10.0 Å². The third-order valence-corrected chi connectivity index (χ3v) is 8.14. The number of nitrogens with zero attached hydrogens (tertiary/aromatic N) is 2. The minimum atomic E-state index is -3.72. The van der Waals surface area contributed by atoms with E-state index in [-0.39, 0.29) is 10.9 Å². The van der Waals surface area contributed by atoms with Crippen LogP contribution in [-0.4, -0.2) is 43.8 Å². The van der Waals surface area contributed by atoms with E-state index in [0.29, 0.717) is 31.7 Å². The maximum Gasteiger partial charge on any atom is 0.243 e. The van der Waals surface area contributed by atoms with Gasteiger partial charge in [-0.15, -0.1) is 0 Å². The van der Waals surface area contributed by atoms with Crippen LogP contribution in [0.5, 0.6) is 0 Å². The minimum absolute atomic E-state index is 0.0107. The summed E-state index contributed by atoms with van der Waals surface area (Å²) in [4.78, 5) is 2.32. The summed E-state index contributed by atoms with van der Waals surface area (Å²) in [7, 11) is -3.72. The van der Waals surface area contributed by atoms with Gasteiger partial charge in [-0.25, -0.2) is 12.8 Å². The number of piperazine rings is 1. The van der Waals surface area contributed by atoms with Crippen molar-refractivity contribution >= 4 is 26.0 Å². The molecule has 0 unspecified atom stereocenters. The largest absolute Gasteiger partial charge is 0.290 e. The molecule has 0 spiro atoms. The van der Waals surface area contributed by atoms with E-state index in [1.54, 1.807) is 6.92 Å². The molecule has 4 nitrogen and oxygen atoms in total. The highest BCUT2D eigenvalue weighted by Crippen LogP contribution is 2.31. The predicted octanol–water partition coefficient (Wildman–Crippen LogP) is 4.99. The summed E-state index contributed by atoms with van der Waals surface area (Å²) in [5.41, 5.74) is 2.76. The summed E-state index contributed by atoms with van der Waals surface area (Å²) < 4.78 is 42.5. The van der Waals surface area contributed by atoms with E-state index in [9.17, 15) is 12.8 Å². The van der Waals surface area contributed by atoms with Gasteiger partial charge in [-0.2, -0.15) is 4.31 Å². The summed E-state index contributed by atoms with van der Waals surface area (Å²) in [6.07, 6.45) is 0. The molecular formula is C24H24BrFN2O2S. The van der Waals surface area contributed by atoms with Gasteiger partial charge < -0.3 is 0 Å². The van der Waals surface area contributed by atoms with Crippen molar-refractivity contribution in [3.63, 3.8) is 0 Å². The van der Waals surface area contributed by atoms with Crippen molar-refractivity contribution in [3.8, 4) is 0 Å². The monoisotopic (exact) mass is 502 g/mol. The topological polar surface area (TPSA) is 40.6 Å². The van der Waals surface area contributed by atoms with Gasteiger partial charge in [0.1, 0.15) is 5.82 Å². The molecule has 1 fully saturated rings. The number of halogens is 2. The van der Waals surface area contributed by atoms with Crippen molar-refractivity contribution in [2.24, 2.45) is 0 Å². The number of benzene rings is 3. The van der Waals surface area contributed by atoms with Gasteiger partial charge in [0, 0.05) is 30.7 Å². The summed E-state index contributed by atoms with van der Waals surface area (Å²) in [5.74, 6) is -0.501. The molecule has 1 aliphatic heterocycles. The van der Waals surface area contributed by atoms with Crippen LogP contribution in [0.15, 0.2) is 82.2 Å². The smallest absolute Gasteiger partial charge is 0.243 e. The highest BCUT2D eigenvalue weighted by atomic mass is 79.9. The first kappa shape index (κ1) is 22.1. The Morgan fingerprint density at radius 1 is 0.871 bits per heavy atom. The number of rotatable bonds is 5. The van der Waals surface area contributed by atoms with Crippen molar-refractivity contribution in [3.05, 3.63) is 99.8 Å². The second-order valence-electron chi connectivity index (χ2n) is 7.72. The van der Waals surface area contributed by atoms with E-state index in [0.717, 1.165) is 16.1 Å². The Hall–Kier alpha value is -2.06. The summed E-state index contributed by atoms with van der Waals surface area (Å²) >= 11 is 3.49. The van der Waals surface area contributed by atoms with Crippen LogP contribution in [0.25, 0.3) is 0 Å². The molecule has 0 saturated carbocycles. The number of sulfonamides is 1. The summed E-state index contributed by atoms with van der Waals surface area (Å²) in [6, 6.07) is 22.6. The normalized spacial score (nSPS) is 16.9. The van der Waals surface area contributed by atoms with Crippen LogP contribution in [0, 0.1) is 12.7 Å². The zero-order valence-electron chi connectivity index (χ0n) is 17.2. The van der Waals surface area contributed by atoms with Crippen LogP contribution in [0.4, 0.5) is 4.39 Å². The Labute approximate surface area is 191 Å². The first-order valence-electron chi connectivity index (χ1n) is 10.2. The molecule has 0 bridgehead atoms. The highest BCUT2D eigenvalue weighted by molar-refractivity contribution is 9.10. The second kappa shape index (κ2) is 9.20. The molecule has 3 aromatic carbocycles. The molecule has 4 rings (SSSR count). The maximum atomic E-state index is 14.0. The average molecular weight is 503 g/mol. The molecule has 1 atom stereocenters. The molecular weight excluding hydrogens is 479 g/mol. The van der Waals surface area contributed by atoms with E-state index in [4.69, 9.17) is 0 Å². The van der Waals surface area contributed by atoms with Gasteiger partial charge in [0.15, 0.2) is 0 Å². The molecule has 0 amide bonds. The predicted molar refractivity (Wildman–Crippen MR) is 124 cm³/mol. The van der Waals surface area contributed by atoms with Gasteiger partial charge in [-0.05, 0) is 47.9 Å².